The van der Waals surface area contributed by atoms with Crippen molar-refractivity contribution in [3.05, 3.63) is 186 Å². The number of furan rings is 1. The molecule has 0 amide bonds. The summed E-state index contributed by atoms with van der Waals surface area (Å²) < 4.78 is 6.70. The zero-order chi connectivity index (χ0) is 48.1. The van der Waals surface area contributed by atoms with Gasteiger partial charge in [0.05, 0.1) is 11.2 Å². The molecule has 4 aliphatic rings. The topological polar surface area (TPSA) is 22.9 Å². The molecule has 3 aliphatic heterocycles. The van der Waals surface area contributed by atoms with Gasteiger partial charge in [-0.15, -0.1) is 0 Å². The Bertz CT molecular complexity index is 3610. The molecule has 346 valence electrons. The van der Waals surface area contributed by atoms with Crippen molar-refractivity contribution in [1.82, 2.24) is 0 Å². The van der Waals surface area contributed by atoms with E-state index in [9.17, 15) is 0 Å². The van der Waals surface area contributed by atoms with E-state index in [-0.39, 0.29) is 28.5 Å². The van der Waals surface area contributed by atoms with E-state index in [0.717, 1.165) is 34.0 Å². The van der Waals surface area contributed by atoms with Crippen LogP contribution in [0.5, 0.6) is 0 Å². The lowest BCUT2D eigenvalue weighted by atomic mass is 9.33. The van der Waals surface area contributed by atoms with Crippen LogP contribution in [0.25, 0.3) is 33.1 Å². The number of anilines is 8. The van der Waals surface area contributed by atoms with E-state index in [1.165, 1.54) is 109 Å². The number of hydrogen-bond acceptors (Lipinski definition) is 4. The molecule has 1 saturated carbocycles. The largest absolute Gasteiger partial charge is 0.456 e. The summed E-state index contributed by atoms with van der Waals surface area (Å²) in [6.07, 6.45) is 4.84. The fourth-order valence-corrected chi connectivity index (χ4v) is 13.3. The summed E-state index contributed by atoms with van der Waals surface area (Å²) in [4.78, 5) is 7.92. The van der Waals surface area contributed by atoms with Gasteiger partial charge in [-0.25, -0.2) is 0 Å². The number of rotatable bonds is 4. The number of nitrogens with zero attached hydrogens (tertiary/aromatic N) is 3. The fraction of sp³-hybridized carbons (Fsp3) is 0.262. The van der Waals surface area contributed by atoms with Gasteiger partial charge in [0.1, 0.15) is 11.2 Å². The molecule has 4 nitrogen and oxygen atoms in total. The lowest BCUT2D eigenvalue weighted by Gasteiger charge is -2.50. The van der Waals surface area contributed by atoms with Crippen molar-refractivity contribution in [3.63, 3.8) is 0 Å². The van der Waals surface area contributed by atoms with Gasteiger partial charge in [0.15, 0.2) is 0 Å². The maximum absolute atomic E-state index is 6.70. The Kier molecular flexibility index (Phi) is 9.24. The van der Waals surface area contributed by atoms with Crippen LogP contribution in [0.15, 0.2) is 168 Å². The summed E-state index contributed by atoms with van der Waals surface area (Å²) in [5.74, 6) is 0. The molecular formula is C65H62BN3O. The van der Waals surface area contributed by atoms with Gasteiger partial charge in [-0.2, -0.15) is 0 Å². The molecule has 1 aromatic heterocycles. The van der Waals surface area contributed by atoms with Gasteiger partial charge >= 0.3 is 0 Å². The molecule has 13 rings (SSSR count). The third-order valence-electron chi connectivity index (χ3n) is 17.1. The summed E-state index contributed by atoms with van der Waals surface area (Å²) >= 11 is 0. The van der Waals surface area contributed by atoms with Crippen molar-refractivity contribution >= 4 is 90.5 Å². The molecule has 0 saturated heterocycles. The number of aryl methyl sites for hydroxylation is 1. The summed E-state index contributed by atoms with van der Waals surface area (Å²) in [5.41, 5.74) is 23.2. The highest BCUT2D eigenvalue weighted by Crippen LogP contribution is 2.61. The van der Waals surface area contributed by atoms with Gasteiger partial charge in [-0.1, -0.05) is 152 Å². The molecule has 0 bridgehead atoms. The monoisotopic (exact) mass is 911 g/mol. The van der Waals surface area contributed by atoms with Crippen LogP contribution in [0, 0.1) is 6.92 Å². The number of fused-ring (bicyclic) bond motifs is 10. The van der Waals surface area contributed by atoms with E-state index in [2.05, 4.69) is 241 Å². The molecular weight excluding hydrogens is 850 g/mol. The third-order valence-corrected chi connectivity index (χ3v) is 17.1. The highest BCUT2D eigenvalue weighted by molar-refractivity contribution is 7.00. The van der Waals surface area contributed by atoms with E-state index in [1.54, 1.807) is 0 Å². The summed E-state index contributed by atoms with van der Waals surface area (Å²) in [6, 6.07) is 62.6. The van der Waals surface area contributed by atoms with Crippen molar-refractivity contribution in [3.8, 4) is 11.1 Å². The highest BCUT2D eigenvalue weighted by Gasteiger charge is 2.58. The first-order valence-electron chi connectivity index (χ1n) is 25.7. The van der Waals surface area contributed by atoms with E-state index < -0.39 is 0 Å². The molecule has 9 aromatic rings. The van der Waals surface area contributed by atoms with Crippen molar-refractivity contribution in [2.75, 3.05) is 14.7 Å². The van der Waals surface area contributed by atoms with Gasteiger partial charge in [0.25, 0.3) is 6.71 Å². The predicted molar refractivity (Wildman–Crippen MR) is 298 cm³/mol. The van der Waals surface area contributed by atoms with Crippen LogP contribution < -0.4 is 31.1 Å². The summed E-state index contributed by atoms with van der Waals surface area (Å²) in [6.45, 7) is 21.3. The van der Waals surface area contributed by atoms with Crippen LogP contribution in [0.3, 0.4) is 0 Å². The fourth-order valence-electron chi connectivity index (χ4n) is 13.3. The Balaban J connectivity index is 1.11. The molecule has 0 N–H and O–H groups in total. The minimum absolute atomic E-state index is 0.0226. The molecule has 5 heteroatoms. The highest BCUT2D eigenvalue weighted by atomic mass is 16.3. The number of benzene rings is 8. The summed E-state index contributed by atoms with van der Waals surface area (Å²) in [7, 11) is 0. The normalized spacial score (nSPS) is 19.3. The average molecular weight is 912 g/mol. The Morgan fingerprint density at radius 1 is 0.500 bits per heavy atom. The van der Waals surface area contributed by atoms with Crippen molar-refractivity contribution in [1.29, 1.82) is 0 Å². The lowest BCUT2D eigenvalue weighted by Crippen LogP contribution is -2.61. The van der Waals surface area contributed by atoms with Crippen LogP contribution >= 0.6 is 0 Å². The number of hydrogen-bond donors (Lipinski definition) is 0. The molecule has 0 spiro atoms. The van der Waals surface area contributed by atoms with Gasteiger partial charge in [-0.05, 0) is 148 Å². The first-order valence-corrected chi connectivity index (χ1v) is 25.7. The molecule has 0 radical (unpaired) electrons. The minimum atomic E-state index is -0.0733. The van der Waals surface area contributed by atoms with E-state index in [0.29, 0.717) is 0 Å². The zero-order valence-electron chi connectivity index (χ0n) is 42.2. The van der Waals surface area contributed by atoms with Crippen molar-refractivity contribution in [2.45, 2.75) is 110 Å². The minimum Gasteiger partial charge on any atom is -0.456 e. The summed E-state index contributed by atoms with van der Waals surface area (Å²) in [5, 5.41) is 2.28. The second-order valence-corrected chi connectivity index (χ2v) is 23.4. The first-order chi connectivity index (χ1) is 33.6. The van der Waals surface area contributed by atoms with Crippen LogP contribution in [0.4, 0.5) is 45.5 Å². The average Bonchev–Trinajstić information content (AvgIpc) is 3.82. The Hall–Kier alpha value is -6.98. The van der Waals surface area contributed by atoms with Crippen molar-refractivity contribution < 1.29 is 4.42 Å². The van der Waals surface area contributed by atoms with Crippen LogP contribution in [0.2, 0.25) is 0 Å². The standard InChI is InChI=1S/C65H62BN3O/c1-41-35-57-61-58(36-41)68(53-31-25-43(62(2,3)4)37-49(53)42-19-11-10-12-20-42)55-32-26-44(63(5,6)7)38-52(55)66(61)51-30-28-46(69-54-23-15-14-22-50(54)64(8)33-17-18-34-65(64,69)9)39-56(51)67(57)45-27-29-48-47-21-13-16-24-59(47)70-60(48)40-45/h10-16,19-32,35-40H,17-18,33-34H2,1-9H3. The third kappa shape index (κ3) is 6.15. The van der Waals surface area contributed by atoms with E-state index in [1.807, 2.05) is 0 Å². The van der Waals surface area contributed by atoms with Crippen LogP contribution in [-0.2, 0) is 16.2 Å². The molecule has 2 atom stereocenters. The predicted octanol–water partition coefficient (Wildman–Crippen LogP) is 16.0. The van der Waals surface area contributed by atoms with Gasteiger partial charge in [0.2, 0.25) is 0 Å². The van der Waals surface area contributed by atoms with Crippen LogP contribution in [-0.4, -0.2) is 12.3 Å². The first kappa shape index (κ1) is 43.1. The molecule has 1 aliphatic carbocycles. The molecule has 70 heavy (non-hydrogen) atoms. The molecule has 2 unspecified atom stereocenters. The van der Waals surface area contributed by atoms with Crippen LogP contribution in [0.1, 0.15) is 103 Å². The number of para-hydroxylation sites is 2. The molecule has 4 heterocycles. The SMILES string of the molecule is Cc1cc2c3c(c1)N(c1ccc(C(C)(C)C)cc1-c1ccccc1)c1ccc(C(C)(C)C)cc1B3c1ccc(N3c4ccccc4C4(C)CCCCC34C)cc1N2c1ccc2c(c1)oc1ccccc12. The smallest absolute Gasteiger partial charge is 0.252 e. The maximum atomic E-state index is 6.70. The van der Waals surface area contributed by atoms with Crippen molar-refractivity contribution in [2.24, 2.45) is 0 Å². The maximum Gasteiger partial charge on any atom is 0.252 e. The van der Waals surface area contributed by atoms with Gasteiger partial charge < -0.3 is 19.1 Å². The molecule has 1 fully saturated rings. The Morgan fingerprint density at radius 3 is 1.94 bits per heavy atom. The van der Waals surface area contributed by atoms with Gasteiger partial charge in [-0.3, -0.25) is 0 Å². The van der Waals surface area contributed by atoms with E-state index in [4.69, 9.17) is 4.42 Å². The Morgan fingerprint density at radius 2 is 1.16 bits per heavy atom. The second kappa shape index (κ2) is 15.0. The Labute approximate surface area is 414 Å². The quantitative estimate of drug-likeness (QED) is 0.164. The second-order valence-electron chi connectivity index (χ2n) is 23.4. The molecule has 8 aromatic carbocycles. The lowest BCUT2D eigenvalue weighted by molar-refractivity contribution is 0.195. The zero-order valence-corrected chi connectivity index (χ0v) is 42.2. The van der Waals surface area contributed by atoms with Gasteiger partial charge in [0, 0.05) is 67.6 Å². The van der Waals surface area contributed by atoms with E-state index >= 15 is 0 Å².